The molecule has 0 spiro atoms. The monoisotopic (exact) mass is 446 g/mol. The summed E-state index contributed by atoms with van der Waals surface area (Å²) in [6.07, 6.45) is 9.22. The first-order chi connectivity index (χ1) is 15.2. The van der Waals surface area contributed by atoms with Gasteiger partial charge in [0.1, 0.15) is 11.3 Å². The van der Waals surface area contributed by atoms with Gasteiger partial charge in [0.05, 0.1) is 0 Å². The molecule has 2 unspecified atom stereocenters. The van der Waals surface area contributed by atoms with Crippen molar-refractivity contribution in [2.45, 2.75) is 98.8 Å². The number of hydrogen-bond donors (Lipinski definition) is 3. The fourth-order valence-corrected chi connectivity index (χ4v) is 4.45. The molecule has 0 aliphatic heterocycles. The Balaban J connectivity index is 3.68. The van der Waals surface area contributed by atoms with Crippen molar-refractivity contribution in [2.75, 3.05) is 0 Å². The number of hydrogen-bond acceptors (Lipinski definition) is 3. The second-order valence-corrected chi connectivity index (χ2v) is 8.94. The van der Waals surface area contributed by atoms with Crippen LogP contribution in [0.15, 0.2) is 17.7 Å². The van der Waals surface area contributed by atoms with E-state index in [0.717, 1.165) is 56.9 Å². The van der Waals surface area contributed by atoms with E-state index in [1.165, 1.54) is 0 Å². The second kappa shape index (κ2) is 14.0. The number of rotatable bonds is 15. The molecule has 0 saturated carbocycles. The SMILES string of the molecule is CCCCC(CC)CC(=C(C(=O)O)C(=O)O)c1ccc(O)c(C)c1CC(CC)CCCC. The van der Waals surface area contributed by atoms with E-state index in [9.17, 15) is 24.9 Å². The minimum absolute atomic E-state index is 0.165. The minimum atomic E-state index is -1.41. The maximum atomic E-state index is 12.0. The summed E-state index contributed by atoms with van der Waals surface area (Å²) in [4.78, 5) is 24.1. The summed E-state index contributed by atoms with van der Waals surface area (Å²) in [5.41, 5.74) is 2.11. The zero-order chi connectivity index (χ0) is 24.3. The Bertz CT molecular complexity index is 777. The van der Waals surface area contributed by atoms with Gasteiger partial charge in [-0.05, 0) is 59.9 Å². The predicted molar refractivity (Wildman–Crippen MR) is 130 cm³/mol. The fraction of sp³-hybridized carbons (Fsp3) is 0.630. The molecule has 0 aliphatic rings. The Morgan fingerprint density at radius 3 is 1.88 bits per heavy atom. The van der Waals surface area contributed by atoms with Gasteiger partial charge in [0.25, 0.3) is 0 Å². The van der Waals surface area contributed by atoms with E-state index >= 15 is 0 Å². The second-order valence-electron chi connectivity index (χ2n) is 8.94. The quantitative estimate of drug-likeness (QED) is 0.153. The van der Waals surface area contributed by atoms with Gasteiger partial charge in [-0.1, -0.05) is 85.1 Å². The van der Waals surface area contributed by atoms with Crippen LogP contribution in [-0.2, 0) is 16.0 Å². The Hall–Kier alpha value is -2.30. The van der Waals surface area contributed by atoms with Crippen molar-refractivity contribution in [3.05, 3.63) is 34.4 Å². The van der Waals surface area contributed by atoms with E-state index in [0.29, 0.717) is 35.5 Å². The maximum Gasteiger partial charge on any atom is 0.343 e. The van der Waals surface area contributed by atoms with E-state index in [1.807, 2.05) is 6.92 Å². The molecule has 5 heteroatoms. The lowest BCUT2D eigenvalue weighted by atomic mass is 9.80. The molecule has 0 fully saturated rings. The number of aromatic hydroxyl groups is 1. The molecule has 3 N–H and O–H groups in total. The van der Waals surface area contributed by atoms with Crippen LogP contribution in [0.4, 0.5) is 0 Å². The number of phenols is 1. The van der Waals surface area contributed by atoms with Gasteiger partial charge in [0.15, 0.2) is 0 Å². The van der Waals surface area contributed by atoms with Crippen LogP contribution in [0.1, 0.15) is 102 Å². The van der Waals surface area contributed by atoms with E-state index in [1.54, 1.807) is 12.1 Å². The maximum absolute atomic E-state index is 12.0. The van der Waals surface area contributed by atoms with Crippen molar-refractivity contribution in [3.8, 4) is 5.75 Å². The zero-order valence-corrected chi connectivity index (χ0v) is 20.5. The highest BCUT2D eigenvalue weighted by atomic mass is 16.4. The number of carbonyl (C=O) groups is 2. The molecule has 0 aliphatic carbocycles. The number of carboxylic acids is 2. The molecule has 1 aromatic rings. The number of allylic oxidation sites excluding steroid dienone is 1. The molecule has 0 bridgehead atoms. The normalized spacial score (nSPS) is 12.9. The standard InChI is InChI=1S/C27H42O5/c1-6-10-12-19(8-3)16-22-18(5)24(28)15-14-21(22)23(25(26(29)30)27(31)32)17-20(9-4)13-11-7-2/h14-15,19-20,28H,6-13,16-17H2,1-5H3,(H,29,30)(H,31,32). The zero-order valence-electron chi connectivity index (χ0n) is 20.5. The highest BCUT2D eigenvalue weighted by Crippen LogP contribution is 2.37. The molecule has 5 nitrogen and oxygen atoms in total. The van der Waals surface area contributed by atoms with Crippen LogP contribution in [0.25, 0.3) is 5.57 Å². The molecule has 0 aromatic heterocycles. The lowest BCUT2D eigenvalue weighted by Gasteiger charge is -2.24. The summed E-state index contributed by atoms with van der Waals surface area (Å²) in [6.45, 7) is 10.3. The number of carboxylic acid groups (broad SMARTS) is 2. The molecule has 0 heterocycles. The van der Waals surface area contributed by atoms with Crippen LogP contribution in [0.5, 0.6) is 5.75 Å². The number of unbranched alkanes of at least 4 members (excludes halogenated alkanes) is 2. The highest BCUT2D eigenvalue weighted by molar-refractivity contribution is 6.18. The molecule has 0 saturated heterocycles. The van der Waals surface area contributed by atoms with Crippen LogP contribution in [0, 0.1) is 18.8 Å². The van der Waals surface area contributed by atoms with Gasteiger partial charge >= 0.3 is 11.9 Å². The average Bonchev–Trinajstić information content (AvgIpc) is 2.75. The van der Waals surface area contributed by atoms with Crippen molar-refractivity contribution < 1.29 is 24.9 Å². The Labute approximate surface area is 193 Å². The lowest BCUT2D eigenvalue weighted by molar-refractivity contribution is -0.140. The molecule has 180 valence electrons. The summed E-state index contributed by atoms with van der Waals surface area (Å²) in [5.74, 6) is -2.04. The smallest absolute Gasteiger partial charge is 0.343 e. The summed E-state index contributed by atoms with van der Waals surface area (Å²) in [6, 6.07) is 3.29. The van der Waals surface area contributed by atoms with E-state index in [-0.39, 0.29) is 11.7 Å². The molecule has 1 rings (SSSR count). The molecule has 0 radical (unpaired) electrons. The van der Waals surface area contributed by atoms with E-state index < -0.39 is 17.5 Å². The molecular formula is C27H42O5. The molecule has 1 aromatic carbocycles. The van der Waals surface area contributed by atoms with Gasteiger partial charge in [-0.3, -0.25) is 0 Å². The van der Waals surface area contributed by atoms with E-state index in [4.69, 9.17) is 0 Å². The molecular weight excluding hydrogens is 404 g/mol. The first-order valence-corrected chi connectivity index (χ1v) is 12.2. The third-order valence-corrected chi connectivity index (χ3v) is 6.70. The van der Waals surface area contributed by atoms with Crippen molar-refractivity contribution in [1.82, 2.24) is 0 Å². The summed E-state index contributed by atoms with van der Waals surface area (Å²) >= 11 is 0. The Morgan fingerprint density at radius 1 is 0.875 bits per heavy atom. The van der Waals surface area contributed by atoms with Crippen LogP contribution >= 0.6 is 0 Å². The van der Waals surface area contributed by atoms with Gasteiger partial charge in [-0.15, -0.1) is 0 Å². The lowest BCUT2D eigenvalue weighted by Crippen LogP contribution is -2.17. The molecule has 0 amide bonds. The van der Waals surface area contributed by atoms with Gasteiger partial charge < -0.3 is 15.3 Å². The van der Waals surface area contributed by atoms with Gasteiger partial charge in [0, 0.05) is 0 Å². The Kier molecular flexibility index (Phi) is 12.1. The summed E-state index contributed by atoms with van der Waals surface area (Å²) < 4.78 is 0. The topological polar surface area (TPSA) is 94.8 Å². The predicted octanol–water partition coefficient (Wildman–Crippen LogP) is 6.99. The van der Waals surface area contributed by atoms with Crippen LogP contribution < -0.4 is 0 Å². The number of aliphatic carboxylic acids is 2. The number of benzene rings is 1. The van der Waals surface area contributed by atoms with Crippen molar-refractivity contribution in [2.24, 2.45) is 11.8 Å². The van der Waals surface area contributed by atoms with Crippen molar-refractivity contribution in [1.29, 1.82) is 0 Å². The molecule has 2 atom stereocenters. The van der Waals surface area contributed by atoms with Crippen molar-refractivity contribution in [3.63, 3.8) is 0 Å². The third kappa shape index (κ3) is 7.68. The Morgan fingerprint density at radius 2 is 1.41 bits per heavy atom. The first-order valence-electron chi connectivity index (χ1n) is 12.2. The highest BCUT2D eigenvalue weighted by Gasteiger charge is 2.27. The van der Waals surface area contributed by atoms with Crippen LogP contribution in [0.3, 0.4) is 0 Å². The van der Waals surface area contributed by atoms with Gasteiger partial charge in [0.2, 0.25) is 0 Å². The average molecular weight is 447 g/mol. The number of phenolic OH excluding ortho intramolecular Hbond substituents is 1. The minimum Gasteiger partial charge on any atom is -0.508 e. The van der Waals surface area contributed by atoms with Crippen molar-refractivity contribution >= 4 is 17.5 Å². The summed E-state index contributed by atoms with van der Waals surface area (Å²) in [5, 5.41) is 30.0. The van der Waals surface area contributed by atoms with E-state index in [2.05, 4.69) is 27.7 Å². The van der Waals surface area contributed by atoms with Gasteiger partial charge in [-0.25, -0.2) is 9.59 Å². The van der Waals surface area contributed by atoms with Gasteiger partial charge in [-0.2, -0.15) is 0 Å². The molecule has 32 heavy (non-hydrogen) atoms. The van der Waals surface area contributed by atoms with Crippen LogP contribution in [-0.4, -0.2) is 27.3 Å². The fourth-order valence-electron chi connectivity index (χ4n) is 4.45. The largest absolute Gasteiger partial charge is 0.508 e. The first kappa shape index (κ1) is 27.7. The van der Waals surface area contributed by atoms with Crippen LogP contribution in [0.2, 0.25) is 0 Å². The third-order valence-electron chi connectivity index (χ3n) is 6.70. The summed E-state index contributed by atoms with van der Waals surface area (Å²) in [7, 11) is 0.